The van der Waals surface area contributed by atoms with Gasteiger partial charge in [-0.05, 0) is 43.5 Å². The summed E-state index contributed by atoms with van der Waals surface area (Å²) in [5.74, 6) is -0.660. The van der Waals surface area contributed by atoms with Crippen molar-refractivity contribution in [1.29, 1.82) is 0 Å². The highest BCUT2D eigenvalue weighted by atomic mass is 19.4. The first-order valence-corrected chi connectivity index (χ1v) is 4.92. The van der Waals surface area contributed by atoms with Gasteiger partial charge in [0.15, 0.2) is 0 Å². The quantitative estimate of drug-likeness (QED) is 0.800. The van der Waals surface area contributed by atoms with E-state index < -0.39 is 17.6 Å². The smallest absolute Gasteiger partial charge is 0.328 e. The van der Waals surface area contributed by atoms with Gasteiger partial charge in [-0.2, -0.15) is 13.2 Å². The molecule has 1 nitrogen and oxygen atoms in total. The summed E-state index contributed by atoms with van der Waals surface area (Å²) >= 11 is 0. The van der Waals surface area contributed by atoms with Gasteiger partial charge in [0.2, 0.25) is 0 Å². The van der Waals surface area contributed by atoms with Crippen LogP contribution in [0.15, 0.2) is 18.2 Å². The van der Waals surface area contributed by atoms with E-state index in [2.05, 4.69) is 0 Å². The van der Waals surface area contributed by atoms with Crippen molar-refractivity contribution in [3.05, 3.63) is 35.1 Å². The van der Waals surface area contributed by atoms with Crippen molar-refractivity contribution in [2.24, 2.45) is 5.73 Å². The summed E-state index contributed by atoms with van der Waals surface area (Å²) in [4.78, 5) is 0. The highest BCUT2D eigenvalue weighted by Gasteiger charge is 2.33. The molecule has 0 unspecified atom stereocenters. The van der Waals surface area contributed by atoms with Crippen LogP contribution in [-0.4, -0.2) is 6.04 Å². The topological polar surface area (TPSA) is 26.0 Å². The van der Waals surface area contributed by atoms with E-state index in [0.717, 1.165) is 18.2 Å². The monoisotopic (exact) mass is 235 g/mol. The van der Waals surface area contributed by atoms with Gasteiger partial charge in [-0.1, -0.05) is 0 Å². The van der Waals surface area contributed by atoms with E-state index >= 15 is 0 Å². The summed E-state index contributed by atoms with van der Waals surface area (Å²) in [6, 6.07) is 2.30. The lowest BCUT2D eigenvalue weighted by atomic mass is 10.0. The van der Waals surface area contributed by atoms with Crippen molar-refractivity contribution in [3.8, 4) is 0 Å². The number of benzene rings is 1. The van der Waals surface area contributed by atoms with E-state index in [1.807, 2.05) is 0 Å². The number of hydrogen-bond acceptors (Lipinski definition) is 1. The molecular formula is C11H13F4N. The molecule has 0 saturated carbocycles. The van der Waals surface area contributed by atoms with Crippen LogP contribution >= 0.6 is 0 Å². The van der Waals surface area contributed by atoms with Crippen LogP contribution in [0.4, 0.5) is 17.6 Å². The Bertz CT molecular complexity index is 357. The van der Waals surface area contributed by atoms with Crippen molar-refractivity contribution in [1.82, 2.24) is 0 Å². The van der Waals surface area contributed by atoms with Gasteiger partial charge in [0, 0.05) is 6.04 Å². The Kier molecular flexibility index (Phi) is 3.91. The molecule has 1 aromatic rings. The minimum Gasteiger partial charge on any atom is -0.328 e. The molecule has 0 aliphatic carbocycles. The molecule has 5 heteroatoms. The Morgan fingerprint density at radius 3 is 2.44 bits per heavy atom. The van der Waals surface area contributed by atoms with Crippen molar-refractivity contribution < 1.29 is 17.6 Å². The van der Waals surface area contributed by atoms with Crippen LogP contribution in [0.3, 0.4) is 0 Å². The van der Waals surface area contributed by atoms with E-state index in [-0.39, 0.29) is 18.0 Å². The first-order valence-electron chi connectivity index (χ1n) is 4.92. The number of alkyl halides is 3. The van der Waals surface area contributed by atoms with Gasteiger partial charge in [0.25, 0.3) is 0 Å². The summed E-state index contributed by atoms with van der Waals surface area (Å²) < 4.78 is 50.5. The Morgan fingerprint density at radius 2 is 1.94 bits per heavy atom. The summed E-state index contributed by atoms with van der Waals surface area (Å²) in [5, 5.41) is 0. The molecule has 2 N–H and O–H groups in total. The molecule has 0 radical (unpaired) electrons. The van der Waals surface area contributed by atoms with E-state index in [9.17, 15) is 17.6 Å². The molecule has 90 valence electrons. The molecular weight excluding hydrogens is 222 g/mol. The average molecular weight is 235 g/mol. The van der Waals surface area contributed by atoms with Crippen molar-refractivity contribution in [3.63, 3.8) is 0 Å². The normalized spacial score (nSPS) is 13.9. The lowest BCUT2D eigenvalue weighted by Gasteiger charge is -2.13. The zero-order valence-electron chi connectivity index (χ0n) is 8.81. The third-order valence-corrected chi connectivity index (χ3v) is 2.24. The SMILES string of the molecule is C[C@H](N)CCc1cc(F)ccc1C(F)(F)F. The Labute approximate surface area is 91.3 Å². The minimum absolute atomic E-state index is 0.0372. The molecule has 1 aromatic carbocycles. The first-order chi connectivity index (χ1) is 7.30. The van der Waals surface area contributed by atoms with Gasteiger partial charge in [-0.3, -0.25) is 0 Å². The third kappa shape index (κ3) is 3.48. The molecule has 0 spiro atoms. The van der Waals surface area contributed by atoms with Gasteiger partial charge in [0.1, 0.15) is 5.82 Å². The highest BCUT2D eigenvalue weighted by Crippen LogP contribution is 2.32. The molecule has 0 aliphatic heterocycles. The Hall–Kier alpha value is -1.10. The van der Waals surface area contributed by atoms with Gasteiger partial charge >= 0.3 is 6.18 Å². The average Bonchev–Trinajstić information content (AvgIpc) is 2.12. The number of aryl methyl sites for hydroxylation is 1. The Morgan fingerprint density at radius 1 is 1.31 bits per heavy atom. The molecule has 0 aromatic heterocycles. The van der Waals surface area contributed by atoms with Crippen LogP contribution < -0.4 is 5.73 Å². The third-order valence-electron chi connectivity index (χ3n) is 2.24. The minimum atomic E-state index is -4.44. The fraction of sp³-hybridized carbons (Fsp3) is 0.455. The molecule has 0 heterocycles. The lowest BCUT2D eigenvalue weighted by molar-refractivity contribution is -0.138. The van der Waals surface area contributed by atoms with Crippen LogP contribution in [-0.2, 0) is 12.6 Å². The predicted molar refractivity (Wildman–Crippen MR) is 53.4 cm³/mol. The zero-order chi connectivity index (χ0) is 12.3. The van der Waals surface area contributed by atoms with Crippen molar-refractivity contribution >= 4 is 0 Å². The lowest BCUT2D eigenvalue weighted by Crippen LogP contribution is -2.17. The van der Waals surface area contributed by atoms with E-state index in [1.54, 1.807) is 6.92 Å². The van der Waals surface area contributed by atoms with Gasteiger partial charge in [0.05, 0.1) is 5.56 Å². The summed E-state index contributed by atoms with van der Waals surface area (Å²) in [7, 11) is 0. The van der Waals surface area contributed by atoms with Crippen molar-refractivity contribution in [2.45, 2.75) is 32.0 Å². The molecule has 0 amide bonds. The van der Waals surface area contributed by atoms with Crippen molar-refractivity contribution in [2.75, 3.05) is 0 Å². The van der Waals surface area contributed by atoms with Crippen LogP contribution in [0, 0.1) is 5.82 Å². The molecule has 0 bridgehead atoms. The first kappa shape index (κ1) is 13.0. The second-order valence-corrected chi connectivity index (χ2v) is 3.82. The summed E-state index contributed by atoms with van der Waals surface area (Å²) in [5.41, 5.74) is 4.64. The predicted octanol–water partition coefficient (Wildman–Crippen LogP) is 3.12. The van der Waals surface area contributed by atoms with Crippen LogP contribution in [0.2, 0.25) is 0 Å². The highest BCUT2D eigenvalue weighted by molar-refractivity contribution is 5.30. The zero-order valence-corrected chi connectivity index (χ0v) is 8.81. The molecule has 0 fully saturated rings. The standard InChI is InChI=1S/C11H13F4N/c1-7(16)2-3-8-6-9(12)4-5-10(8)11(13,14)15/h4-7H,2-3,16H2,1H3/t7-/m0/s1. The fourth-order valence-corrected chi connectivity index (χ4v) is 1.43. The number of hydrogen-bond donors (Lipinski definition) is 1. The van der Waals surface area contributed by atoms with Crippen LogP contribution in [0.1, 0.15) is 24.5 Å². The second kappa shape index (κ2) is 4.82. The van der Waals surface area contributed by atoms with E-state index in [4.69, 9.17) is 5.73 Å². The maximum atomic E-state index is 12.9. The number of halogens is 4. The van der Waals surface area contributed by atoms with Gasteiger partial charge in [-0.25, -0.2) is 4.39 Å². The van der Waals surface area contributed by atoms with Gasteiger partial charge in [-0.15, -0.1) is 0 Å². The fourth-order valence-electron chi connectivity index (χ4n) is 1.43. The van der Waals surface area contributed by atoms with Crippen LogP contribution in [0.5, 0.6) is 0 Å². The van der Waals surface area contributed by atoms with E-state index in [0.29, 0.717) is 6.42 Å². The largest absolute Gasteiger partial charge is 0.416 e. The molecule has 1 atom stereocenters. The maximum Gasteiger partial charge on any atom is 0.416 e. The Balaban J connectivity index is 2.99. The molecule has 0 aliphatic rings. The molecule has 0 saturated heterocycles. The van der Waals surface area contributed by atoms with Crippen LogP contribution in [0.25, 0.3) is 0 Å². The maximum absolute atomic E-state index is 12.9. The number of rotatable bonds is 3. The van der Waals surface area contributed by atoms with Gasteiger partial charge < -0.3 is 5.73 Å². The summed E-state index contributed by atoms with van der Waals surface area (Å²) in [6.45, 7) is 1.70. The number of nitrogens with two attached hydrogens (primary N) is 1. The summed E-state index contributed by atoms with van der Waals surface area (Å²) in [6.07, 6.45) is -3.92. The molecule has 1 rings (SSSR count). The molecule has 16 heavy (non-hydrogen) atoms. The second-order valence-electron chi connectivity index (χ2n) is 3.82. The van der Waals surface area contributed by atoms with E-state index in [1.165, 1.54) is 0 Å².